The van der Waals surface area contributed by atoms with E-state index in [1.807, 2.05) is 12.1 Å². The summed E-state index contributed by atoms with van der Waals surface area (Å²) in [6.07, 6.45) is 5.64. The van der Waals surface area contributed by atoms with Gasteiger partial charge in [-0.2, -0.15) is 5.26 Å². The Bertz CT molecular complexity index is 465. The van der Waals surface area contributed by atoms with Gasteiger partial charge in [0, 0.05) is 31.4 Å². The van der Waals surface area contributed by atoms with Crippen molar-refractivity contribution >= 4 is 0 Å². The number of nitriles is 1. The van der Waals surface area contributed by atoms with Crippen LogP contribution in [0.3, 0.4) is 0 Å². The molecular weight excluding hydrogens is 224 g/mol. The molecule has 94 valence electrons. The topological polar surface area (TPSA) is 52.0 Å². The largest absolute Gasteiger partial charge is 0.308 e. The molecule has 2 saturated heterocycles. The molecule has 2 aliphatic heterocycles. The minimum Gasteiger partial charge on any atom is -0.308 e. The van der Waals surface area contributed by atoms with Gasteiger partial charge in [0.2, 0.25) is 0 Å². The molecule has 0 bridgehead atoms. The Kier molecular flexibility index (Phi) is 3.26. The molecule has 3 rings (SSSR count). The van der Waals surface area contributed by atoms with Gasteiger partial charge in [-0.25, -0.2) is 4.98 Å². The number of hydrogen-bond donors (Lipinski definition) is 1. The molecule has 4 heteroatoms. The van der Waals surface area contributed by atoms with E-state index in [2.05, 4.69) is 21.3 Å². The Hall–Kier alpha value is -1.44. The van der Waals surface area contributed by atoms with Crippen LogP contribution in [0.15, 0.2) is 18.3 Å². The van der Waals surface area contributed by atoms with Gasteiger partial charge in [0.25, 0.3) is 0 Å². The van der Waals surface area contributed by atoms with E-state index in [-0.39, 0.29) is 0 Å². The normalized spacial score (nSPS) is 27.1. The summed E-state index contributed by atoms with van der Waals surface area (Å²) >= 11 is 0. The highest BCUT2D eigenvalue weighted by Crippen LogP contribution is 2.27. The van der Waals surface area contributed by atoms with Crippen molar-refractivity contribution in [1.82, 2.24) is 15.2 Å². The predicted molar refractivity (Wildman–Crippen MR) is 68.8 cm³/mol. The van der Waals surface area contributed by atoms with Crippen LogP contribution in [0.1, 0.15) is 30.5 Å². The molecule has 4 nitrogen and oxygen atoms in total. The van der Waals surface area contributed by atoms with Crippen molar-refractivity contribution < 1.29 is 0 Å². The lowest BCUT2D eigenvalue weighted by Crippen LogP contribution is -2.38. The molecule has 2 atom stereocenters. The zero-order valence-corrected chi connectivity index (χ0v) is 10.5. The minimum absolute atomic E-state index is 0.503. The maximum Gasteiger partial charge on any atom is 0.140 e. The number of nitrogens with zero attached hydrogens (tertiary/aromatic N) is 3. The molecule has 0 radical (unpaired) electrons. The van der Waals surface area contributed by atoms with Crippen LogP contribution in [0.25, 0.3) is 0 Å². The molecular formula is C14H18N4. The number of hydrogen-bond acceptors (Lipinski definition) is 4. The predicted octanol–water partition coefficient (Wildman–Crippen LogP) is 1.28. The molecule has 0 amide bonds. The standard InChI is InChI=1S/C14H18N4/c15-9-12-8-11(3-5-16-12)10-17-13-4-7-18-6-1-2-14(13)18/h3,5,8,13-14,17H,1-2,4,6-7,10H2. The Morgan fingerprint density at radius 1 is 1.44 bits per heavy atom. The van der Waals surface area contributed by atoms with Gasteiger partial charge in [-0.15, -0.1) is 0 Å². The van der Waals surface area contributed by atoms with Gasteiger partial charge in [0.15, 0.2) is 0 Å². The van der Waals surface area contributed by atoms with Crippen molar-refractivity contribution in [2.75, 3.05) is 13.1 Å². The van der Waals surface area contributed by atoms with Crippen molar-refractivity contribution in [3.63, 3.8) is 0 Å². The summed E-state index contributed by atoms with van der Waals surface area (Å²) in [4.78, 5) is 6.60. The monoisotopic (exact) mass is 242 g/mol. The van der Waals surface area contributed by atoms with Crippen molar-refractivity contribution in [1.29, 1.82) is 5.26 Å². The molecule has 3 heterocycles. The van der Waals surface area contributed by atoms with Crippen molar-refractivity contribution in [3.05, 3.63) is 29.6 Å². The third kappa shape index (κ3) is 2.24. The first kappa shape index (κ1) is 11.6. The van der Waals surface area contributed by atoms with Crippen molar-refractivity contribution in [3.8, 4) is 6.07 Å². The summed E-state index contributed by atoms with van der Waals surface area (Å²) in [6, 6.07) is 7.29. The third-order valence-corrected chi connectivity index (χ3v) is 4.11. The average molecular weight is 242 g/mol. The number of pyridine rings is 1. The number of fused-ring (bicyclic) bond motifs is 1. The smallest absolute Gasteiger partial charge is 0.140 e. The first-order valence-electron chi connectivity index (χ1n) is 6.69. The van der Waals surface area contributed by atoms with E-state index in [1.165, 1.54) is 32.4 Å². The van der Waals surface area contributed by atoms with Crippen LogP contribution in [0.4, 0.5) is 0 Å². The van der Waals surface area contributed by atoms with E-state index in [0.717, 1.165) is 18.2 Å². The molecule has 0 saturated carbocycles. The minimum atomic E-state index is 0.503. The molecule has 0 aliphatic carbocycles. The molecule has 1 aromatic heterocycles. The highest BCUT2D eigenvalue weighted by atomic mass is 15.2. The number of rotatable bonds is 3. The second kappa shape index (κ2) is 5.05. The second-order valence-corrected chi connectivity index (χ2v) is 5.18. The zero-order chi connectivity index (χ0) is 12.4. The van der Waals surface area contributed by atoms with E-state index in [4.69, 9.17) is 5.26 Å². The van der Waals surface area contributed by atoms with Crippen LogP contribution in [0, 0.1) is 11.3 Å². The highest BCUT2D eigenvalue weighted by Gasteiger charge is 2.36. The van der Waals surface area contributed by atoms with E-state index in [0.29, 0.717) is 11.7 Å². The lowest BCUT2D eigenvalue weighted by atomic mass is 10.1. The van der Waals surface area contributed by atoms with Crippen LogP contribution in [-0.2, 0) is 6.54 Å². The zero-order valence-electron chi connectivity index (χ0n) is 10.5. The number of nitrogens with one attached hydrogen (secondary N) is 1. The molecule has 1 aromatic rings. The maximum atomic E-state index is 8.83. The summed E-state index contributed by atoms with van der Waals surface area (Å²) in [7, 11) is 0. The molecule has 1 N–H and O–H groups in total. The average Bonchev–Trinajstić information content (AvgIpc) is 3.00. The van der Waals surface area contributed by atoms with Gasteiger partial charge < -0.3 is 5.32 Å². The second-order valence-electron chi connectivity index (χ2n) is 5.18. The van der Waals surface area contributed by atoms with E-state index in [1.54, 1.807) is 6.20 Å². The molecule has 18 heavy (non-hydrogen) atoms. The van der Waals surface area contributed by atoms with E-state index in [9.17, 15) is 0 Å². The molecule has 2 unspecified atom stereocenters. The van der Waals surface area contributed by atoms with Gasteiger partial charge in [-0.05, 0) is 43.5 Å². The summed E-state index contributed by atoms with van der Waals surface area (Å²) in [5, 5.41) is 12.5. The lowest BCUT2D eigenvalue weighted by Gasteiger charge is -2.21. The lowest BCUT2D eigenvalue weighted by molar-refractivity contribution is 0.298. The summed E-state index contributed by atoms with van der Waals surface area (Å²) < 4.78 is 0. The fourth-order valence-corrected chi connectivity index (χ4v) is 3.21. The van der Waals surface area contributed by atoms with Crippen LogP contribution in [0.5, 0.6) is 0 Å². The SMILES string of the molecule is N#Cc1cc(CNC2CCN3CCCC23)ccn1. The number of aromatic nitrogens is 1. The quantitative estimate of drug-likeness (QED) is 0.867. The fraction of sp³-hybridized carbons (Fsp3) is 0.571. The van der Waals surface area contributed by atoms with Crippen LogP contribution >= 0.6 is 0 Å². The first-order valence-corrected chi connectivity index (χ1v) is 6.69. The van der Waals surface area contributed by atoms with Gasteiger partial charge >= 0.3 is 0 Å². The Morgan fingerprint density at radius 3 is 3.28 bits per heavy atom. The Labute approximate surface area is 108 Å². The van der Waals surface area contributed by atoms with Gasteiger partial charge in [-0.3, -0.25) is 4.90 Å². The molecule has 0 aromatic carbocycles. The van der Waals surface area contributed by atoms with Gasteiger partial charge in [-0.1, -0.05) is 0 Å². The van der Waals surface area contributed by atoms with E-state index < -0.39 is 0 Å². The highest BCUT2D eigenvalue weighted by molar-refractivity contribution is 5.25. The summed E-state index contributed by atoms with van der Waals surface area (Å²) in [5.41, 5.74) is 1.65. The fourth-order valence-electron chi connectivity index (χ4n) is 3.21. The van der Waals surface area contributed by atoms with Crippen molar-refractivity contribution in [2.45, 2.75) is 37.9 Å². The maximum absolute atomic E-state index is 8.83. The molecule has 2 fully saturated rings. The van der Waals surface area contributed by atoms with Crippen molar-refractivity contribution in [2.24, 2.45) is 0 Å². The summed E-state index contributed by atoms with van der Waals surface area (Å²) in [6.45, 7) is 3.35. The molecule has 0 spiro atoms. The van der Waals surface area contributed by atoms with Gasteiger partial charge in [0.1, 0.15) is 11.8 Å². The molecule has 2 aliphatic rings. The Balaban J connectivity index is 1.59. The Morgan fingerprint density at radius 2 is 2.39 bits per heavy atom. The van der Waals surface area contributed by atoms with Crippen LogP contribution < -0.4 is 5.32 Å². The summed E-state index contributed by atoms with van der Waals surface area (Å²) in [5.74, 6) is 0. The third-order valence-electron chi connectivity index (χ3n) is 4.11. The first-order chi connectivity index (χ1) is 8.86. The van der Waals surface area contributed by atoms with Crippen LogP contribution in [-0.4, -0.2) is 35.1 Å². The van der Waals surface area contributed by atoms with Gasteiger partial charge in [0.05, 0.1) is 0 Å². The van der Waals surface area contributed by atoms with E-state index >= 15 is 0 Å². The van der Waals surface area contributed by atoms with Crippen LogP contribution in [0.2, 0.25) is 0 Å².